The number of rotatable bonds is 4. The number of nitrogen functional groups attached to an aromatic ring is 1. The molecule has 0 saturated carbocycles. The predicted molar refractivity (Wildman–Crippen MR) is 80.7 cm³/mol. The van der Waals surface area contributed by atoms with E-state index in [1.54, 1.807) is 6.07 Å². The number of benzene rings is 1. The molecule has 21 heavy (non-hydrogen) atoms. The first-order chi connectivity index (χ1) is 9.76. The quantitative estimate of drug-likeness (QED) is 0.804. The summed E-state index contributed by atoms with van der Waals surface area (Å²) in [6, 6.07) is 4.54. The van der Waals surface area contributed by atoms with E-state index in [1.165, 1.54) is 19.2 Å². The third-order valence-electron chi connectivity index (χ3n) is 3.61. The molecular formula is C13H19ClN2O4S. The SMILES string of the molecule is CN(CC1(O)CCOCC1)S(=O)(=O)c1c(N)cccc1Cl. The van der Waals surface area contributed by atoms with Crippen LogP contribution in [0.5, 0.6) is 0 Å². The molecule has 8 heteroatoms. The molecule has 1 fully saturated rings. The molecule has 0 radical (unpaired) electrons. The van der Waals surface area contributed by atoms with Gasteiger partial charge in [-0.15, -0.1) is 0 Å². The lowest BCUT2D eigenvalue weighted by Crippen LogP contribution is -2.47. The number of likely N-dealkylation sites (N-methyl/N-ethyl adjacent to an activating group) is 1. The average molecular weight is 335 g/mol. The largest absolute Gasteiger partial charge is 0.398 e. The Morgan fingerprint density at radius 2 is 2.05 bits per heavy atom. The first-order valence-electron chi connectivity index (χ1n) is 6.57. The maximum atomic E-state index is 12.6. The molecule has 1 aromatic carbocycles. The van der Waals surface area contributed by atoms with Crippen molar-refractivity contribution in [3.63, 3.8) is 0 Å². The van der Waals surface area contributed by atoms with E-state index < -0.39 is 15.6 Å². The van der Waals surface area contributed by atoms with E-state index in [9.17, 15) is 13.5 Å². The highest BCUT2D eigenvalue weighted by molar-refractivity contribution is 7.89. The molecule has 1 heterocycles. The van der Waals surface area contributed by atoms with Gasteiger partial charge in [0.15, 0.2) is 0 Å². The summed E-state index contributed by atoms with van der Waals surface area (Å²) in [6.45, 7) is 0.806. The van der Waals surface area contributed by atoms with Crippen LogP contribution in [0.3, 0.4) is 0 Å². The van der Waals surface area contributed by atoms with Crippen LogP contribution in [0, 0.1) is 0 Å². The zero-order chi connectivity index (χ0) is 15.7. The second-order valence-corrected chi connectivity index (χ2v) is 7.64. The van der Waals surface area contributed by atoms with Crippen LogP contribution in [0.4, 0.5) is 5.69 Å². The van der Waals surface area contributed by atoms with E-state index in [0.717, 1.165) is 4.31 Å². The first kappa shape index (κ1) is 16.5. The standard InChI is InChI=1S/C13H19ClN2O4S/c1-16(9-13(17)5-7-20-8-6-13)21(18,19)12-10(14)3-2-4-11(12)15/h2-4,17H,5-9,15H2,1H3. The van der Waals surface area contributed by atoms with E-state index in [4.69, 9.17) is 22.1 Å². The fraction of sp³-hybridized carbons (Fsp3) is 0.538. The van der Waals surface area contributed by atoms with Crippen molar-refractivity contribution >= 4 is 27.3 Å². The lowest BCUT2D eigenvalue weighted by Gasteiger charge is -2.35. The minimum absolute atomic E-state index is 0.0244. The molecular weight excluding hydrogens is 316 g/mol. The number of nitrogens with two attached hydrogens (primary N) is 1. The first-order valence-corrected chi connectivity index (χ1v) is 8.38. The summed E-state index contributed by atoms with van der Waals surface area (Å²) in [6.07, 6.45) is 0.787. The number of hydrogen-bond acceptors (Lipinski definition) is 5. The van der Waals surface area contributed by atoms with Crippen molar-refractivity contribution in [3.05, 3.63) is 23.2 Å². The van der Waals surface area contributed by atoms with Gasteiger partial charge in [-0.2, -0.15) is 4.31 Å². The van der Waals surface area contributed by atoms with Gasteiger partial charge in [-0.3, -0.25) is 0 Å². The highest BCUT2D eigenvalue weighted by Gasteiger charge is 2.36. The Bertz CT molecular complexity index is 594. The second-order valence-electron chi connectivity index (χ2n) is 5.26. The van der Waals surface area contributed by atoms with Gasteiger partial charge >= 0.3 is 0 Å². The number of halogens is 1. The second kappa shape index (κ2) is 6.10. The van der Waals surface area contributed by atoms with Gasteiger partial charge in [0.25, 0.3) is 0 Å². The Labute approximate surface area is 129 Å². The van der Waals surface area contributed by atoms with Crippen LogP contribution < -0.4 is 5.73 Å². The van der Waals surface area contributed by atoms with Crippen molar-refractivity contribution < 1.29 is 18.3 Å². The Morgan fingerprint density at radius 3 is 2.62 bits per heavy atom. The molecule has 0 amide bonds. The highest BCUT2D eigenvalue weighted by atomic mass is 35.5. The number of nitrogens with zero attached hydrogens (tertiary/aromatic N) is 1. The number of ether oxygens (including phenoxy) is 1. The van der Waals surface area contributed by atoms with Crippen LogP contribution in [-0.4, -0.2) is 50.2 Å². The summed E-state index contributed by atoms with van der Waals surface area (Å²) in [5.74, 6) is 0. The van der Waals surface area contributed by atoms with Crippen LogP contribution in [0.2, 0.25) is 5.02 Å². The smallest absolute Gasteiger partial charge is 0.246 e. The lowest BCUT2D eigenvalue weighted by atomic mass is 9.95. The van der Waals surface area contributed by atoms with Crippen molar-refractivity contribution in [3.8, 4) is 0 Å². The molecule has 0 spiro atoms. The van der Waals surface area contributed by atoms with Gasteiger partial charge in [0.2, 0.25) is 10.0 Å². The van der Waals surface area contributed by atoms with Gasteiger partial charge in [-0.1, -0.05) is 17.7 Å². The van der Waals surface area contributed by atoms with Crippen molar-refractivity contribution in [2.75, 3.05) is 32.5 Å². The van der Waals surface area contributed by atoms with Crippen LogP contribution in [0.1, 0.15) is 12.8 Å². The van der Waals surface area contributed by atoms with Gasteiger partial charge in [0.1, 0.15) is 4.90 Å². The maximum absolute atomic E-state index is 12.6. The van der Waals surface area contributed by atoms with E-state index in [0.29, 0.717) is 26.1 Å². The normalized spacial score (nSPS) is 18.9. The van der Waals surface area contributed by atoms with Gasteiger partial charge < -0.3 is 15.6 Å². The van der Waals surface area contributed by atoms with Gasteiger partial charge in [0, 0.05) is 39.6 Å². The zero-order valence-corrected chi connectivity index (χ0v) is 13.3. The minimum atomic E-state index is -3.86. The van der Waals surface area contributed by atoms with E-state index >= 15 is 0 Å². The van der Waals surface area contributed by atoms with Gasteiger partial charge in [-0.25, -0.2) is 8.42 Å². The van der Waals surface area contributed by atoms with E-state index in [1.807, 2.05) is 0 Å². The summed E-state index contributed by atoms with van der Waals surface area (Å²) >= 11 is 5.97. The van der Waals surface area contributed by atoms with Crippen molar-refractivity contribution in [1.29, 1.82) is 0 Å². The number of sulfonamides is 1. The third kappa shape index (κ3) is 3.49. The Hall–Kier alpha value is -0.860. The fourth-order valence-electron chi connectivity index (χ4n) is 2.36. The molecule has 1 aliphatic rings. The Balaban J connectivity index is 2.27. The maximum Gasteiger partial charge on any atom is 0.246 e. The third-order valence-corrected chi connectivity index (χ3v) is 5.95. The molecule has 0 atom stereocenters. The molecule has 0 aromatic heterocycles. The molecule has 118 valence electrons. The fourth-order valence-corrected chi connectivity index (χ4v) is 4.24. The Kier molecular flexibility index (Phi) is 4.79. The highest BCUT2D eigenvalue weighted by Crippen LogP contribution is 2.31. The zero-order valence-electron chi connectivity index (χ0n) is 11.8. The summed E-state index contributed by atoms with van der Waals surface area (Å²) < 4.78 is 31.5. The van der Waals surface area contributed by atoms with Gasteiger partial charge in [-0.05, 0) is 12.1 Å². The average Bonchev–Trinajstić information content (AvgIpc) is 2.38. The molecule has 0 aliphatic carbocycles. The molecule has 0 bridgehead atoms. The predicted octanol–water partition coefficient (Wildman–Crippen LogP) is 1.08. The summed E-state index contributed by atoms with van der Waals surface area (Å²) in [5.41, 5.74) is 4.74. The monoisotopic (exact) mass is 334 g/mol. The molecule has 3 N–H and O–H groups in total. The van der Waals surface area contributed by atoms with Crippen LogP contribution >= 0.6 is 11.6 Å². The molecule has 1 saturated heterocycles. The summed E-state index contributed by atoms with van der Waals surface area (Å²) in [4.78, 5) is -0.121. The van der Waals surface area contributed by atoms with Crippen LogP contribution in [0.15, 0.2) is 23.1 Å². The van der Waals surface area contributed by atoms with Crippen LogP contribution in [0.25, 0.3) is 0 Å². The van der Waals surface area contributed by atoms with Crippen molar-refractivity contribution in [2.24, 2.45) is 0 Å². The topological polar surface area (TPSA) is 92.9 Å². The van der Waals surface area contributed by atoms with E-state index in [-0.39, 0.29) is 22.2 Å². The van der Waals surface area contributed by atoms with E-state index in [2.05, 4.69) is 0 Å². The van der Waals surface area contributed by atoms with Crippen molar-refractivity contribution in [2.45, 2.75) is 23.3 Å². The number of anilines is 1. The molecule has 0 unspecified atom stereocenters. The molecule has 2 rings (SSSR count). The van der Waals surface area contributed by atoms with Gasteiger partial charge in [0.05, 0.1) is 16.3 Å². The number of hydrogen-bond donors (Lipinski definition) is 2. The number of aliphatic hydroxyl groups is 1. The van der Waals surface area contributed by atoms with Crippen molar-refractivity contribution in [1.82, 2.24) is 4.31 Å². The molecule has 6 nitrogen and oxygen atoms in total. The summed E-state index contributed by atoms with van der Waals surface area (Å²) in [7, 11) is -2.45. The lowest BCUT2D eigenvalue weighted by molar-refractivity contribution is -0.0689. The minimum Gasteiger partial charge on any atom is -0.398 e. The molecule has 1 aliphatic heterocycles. The summed E-state index contributed by atoms with van der Waals surface area (Å²) in [5, 5.41) is 10.5. The van der Waals surface area contributed by atoms with Crippen LogP contribution in [-0.2, 0) is 14.8 Å². The molecule has 1 aromatic rings. The Morgan fingerprint density at radius 1 is 1.43 bits per heavy atom.